The third-order valence-electron chi connectivity index (χ3n) is 2.47. The highest BCUT2D eigenvalue weighted by Crippen LogP contribution is 2.19. The fraction of sp³-hybridized carbons (Fsp3) is 0.286. The molecule has 0 aliphatic heterocycles. The van der Waals surface area contributed by atoms with Crippen LogP contribution in [0, 0.1) is 11.3 Å². The zero-order valence-electron chi connectivity index (χ0n) is 11.3. The lowest BCUT2D eigenvalue weighted by Gasteiger charge is -2.10. The summed E-state index contributed by atoms with van der Waals surface area (Å²) in [5.41, 5.74) is 0.530. The Hall–Kier alpha value is -1.48. The molecule has 4 nitrogen and oxygen atoms in total. The number of ketones is 1. The molecule has 0 spiro atoms. The molecule has 0 fully saturated rings. The normalized spacial score (nSPS) is 11.5. The standard InChI is InChI=1S/C14H15ClN2O2S/c1-19-8-7-17-14(20-2)12(9-16)13(18)10-3-5-11(15)6-4-10/h3-6,17H,7-8H2,1-2H3. The number of carbonyl (C=O) groups excluding carboxylic acids is 1. The van der Waals surface area contributed by atoms with E-state index >= 15 is 0 Å². The fourth-order valence-electron chi connectivity index (χ4n) is 1.48. The van der Waals surface area contributed by atoms with Crippen molar-refractivity contribution in [3.8, 4) is 6.07 Å². The molecule has 0 aliphatic carbocycles. The van der Waals surface area contributed by atoms with E-state index in [0.717, 1.165) is 0 Å². The first-order chi connectivity index (χ1) is 9.63. The molecule has 0 unspecified atom stereocenters. The lowest BCUT2D eigenvalue weighted by atomic mass is 10.1. The second kappa shape index (κ2) is 8.64. The van der Waals surface area contributed by atoms with E-state index in [2.05, 4.69) is 5.32 Å². The van der Waals surface area contributed by atoms with Gasteiger partial charge < -0.3 is 10.1 Å². The summed E-state index contributed by atoms with van der Waals surface area (Å²) in [7, 11) is 1.59. The van der Waals surface area contributed by atoms with E-state index < -0.39 is 0 Å². The quantitative estimate of drug-likeness (QED) is 0.363. The van der Waals surface area contributed by atoms with Gasteiger partial charge in [-0.1, -0.05) is 11.6 Å². The number of hydrogen-bond acceptors (Lipinski definition) is 5. The van der Waals surface area contributed by atoms with Crippen molar-refractivity contribution in [1.82, 2.24) is 5.32 Å². The van der Waals surface area contributed by atoms with Crippen LogP contribution in [0.1, 0.15) is 10.4 Å². The van der Waals surface area contributed by atoms with Crippen LogP contribution in [0.25, 0.3) is 0 Å². The van der Waals surface area contributed by atoms with E-state index in [9.17, 15) is 10.1 Å². The van der Waals surface area contributed by atoms with Crippen LogP contribution in [0.3, 0.4) is 0 Å². The average molecular weight is 311 g/mol. The number of allylic oxidation sites excluding steroid dienone is 1. The van der Waals surface area contributed by atoms with Crippen LogP contribution in [-0.2, 0) is 4.74 Å². The monoisotopic (exact) mass is 310 g/mol. The Balaban J connectivity index is 3.00. The van der Waals surface area contributed by atoms with E-state index in [4.69, 9.17) is 16.3 Å². The first-order valence-corrected chi connectivity index (χ1v) is 7.45. The van der Waals surface area contributed by atoms with E-state index in [-0.39, 0.29) is 11.4 Å². The maximum absolute atomic E-state index is 12.3. The molecule has 0 amide bonds. The number of nitriles is 1. The van der Waals surface area contributed by atoms with Gasteiger partial charge in [0.2, 0.25) is 5.78 Å². The molecule has 1 aromatic rings. The minimum Gasteiger partial charge on any atom is -0.383 e. The number of halogens is 1. The van der Waals surface area contributed by atoms with Crippen LogP contribution in [-0.4, -0.2) is 32.3 Å². The molecule has 0 saturated carbocycles. The van der Waals surface area contributed by atoms with E-state index in [1.54, 1.807) is 31.4 Å². The number of thioether (sulfide) groups is 1. The molecule has 6 heteroatoms. The predicted octanol–water partition coefficient (Wildman–Crippen LogP) is 2.86. The van der Waals surface area contributed by atoms with Gasteiger partial charge in [0.25, 0.3) is 0 Å². The van der Waals surface area contributed by atoms with Crippen molar-refractivity contribution in [3.63, 3.8) is 0 Å². The number of benzene rings is 1. The summed E-state index contributed by atoms with van der Waals surface area (Å²) in [5.74, 6) is -0.321. The number of hydrogen-bond donors (Lipinski definition) is 1. The summed E-state index contributed by atoms with van der Waals surface area (Å²) < 4.78 is 4.93. The molecule has 0 saturated heterocycles. The van der Waals surface area contributed by atoms with E-state index in [1.165, 1.54) is 11.8 Å². The Morgan fingerprint density at radius 1 is 1.45 bits per heavy atom. The van der Waals surface area contributed by atoms with Gasteiger partial charge in [-0.15, -0.1) is 11.8 Å². The summed E-state index contributed by atoms with van der Waals surface area (Å²) in [5, 5.41) is 13.4. The first kappa shape index (κ1) is 16.6. The average Bonchev–Trinajstić information content (AvgIpc) is 2.47. The Kier molecular flexibility index (Phi) is 7.16. The molecular formula is C14H15ClN2O2S. The first-order valence-electron chi connectivity index (χ1n) is 5.85. The molecule has 0 aromatic heterocycles. The molecule has 0 radical (unpaired) electrons. The van der Waals surface area contributed by atoms with Crippen LogP contribution in [0.5, 0.6) is 0 Å². The molecule has 20 heavy (non-hydrogen) atoms. The highest BCUT2D eigenvalue weighted by molar-refractivity contribution is 8.02. The van der Waals surface area contributed by atoms with Crippen LogP contribution >= 0.6 is 23.4 Å². The smallest absolute Gasteiger partial charge is 0.206 e. The van der Waals surface area contributed by atoms with Crippen molar-refractivity contribution in [2.75, 3.05) is 26.5 Å². The van der Waals surface area contributed by atoms with Crippen molar-refractivity contribution in [3.05, 3.63) is 45.5 Å². The summed E-state index contributed by atoms with van der Waals surface area (Å²) in [6, 6.07) is 8.43. The second-order valence-electron chi connectivity index (χ2n) is 3.78. The lowest BCUT2D eigenvalue weighted by Crippen LogP contribution is -2.20. The Bertz CT molecular complexity index is 535. The van der Waals surface area contributed by atoms with Crippen LogP contribution in [0.2, 0.25) is 5.02 Å². The highest BCUT2D eigenvalue weighted by atomic mass is 35.5. The molecule has 1 rings (SSSR count). The summed E-state index contributed by atoms with van der Waals surface area (Å²) in [6.45, 7) is 1.03. The number of nitrogens with zero attached hydrogens (tertiary/aromatic N) is 1. The van der Waals surface area contributed by atoms with Gasteiger partial charge >= 0.3 is 0 Å². The zero-order valence-corrected chi connectivity index (χ0v) is 12.8. The molecule has 1 aromatic carbocycles. The number of methoxy groups -OCH3 is 1. The maximum Gasteiger partial charge on any atom is 0.206 e. The lowest BCUT2D eigenvalue weighted by molar-refractivity contribution is 0.103. The van der Waals surface area contributed by atoms with Gasteiger partial charge in [0.05, 0.1) is 11.6 Å². The Morgan fingerprint density at radius 2 is 2.10 bits per heavy atom. The highest BCUT2D eigenvalue weighted by Gasteiger charge is 2.17. The molecular weight excluding hydrogens is 296 g/mol. The number of rotatable bonds is 7. The van der Waals surface area contributed by atoms with Gasteiger partial charge in [0.1, 0.15) is 11.6 Å². The second-order valence-corrected chi connectivity index (χ2v) is 5.03. The van der Waals surface area contributed by atoms with Crippen molar-refractivity contribution >= 4 is 29.1 Å². The minimum atomic E-state index is -0.321. The number of nitrogens with one attached hydrogen (secondary N) is 1. The number of ether oxygens (including phenoxy) is 1. The molecule has 0 heterocycles. The predicted molar refractivity (Wildman–Crippen MR) is 81.8 cm³/mol. The minimum absolute atomic E-state index is 0.0934. The Labute approximate surface area is 127 Å². The van der Waals surface area contributed by atoms with Gasteiger partial charge in [-0.25, -0.2) is 0 Å². The summed E-state index contributed by atoms with van der Waals surface area (Å²) in [6.07, 6.45) is 1.81. The molecule has 1 N–H and O–H groups in total. The maximum atomic E-state index is 12.3. The largest absolute Gasteiger partial charge is 0.383 e. The topological polar surface area (TPSA) is 62.1 Å². The SMILES string of the molecule is COCCNC(SC)=C(C#N)C(=O)c1ccc(Cl)cc1. The third kappa shape index (κ3) is 4.57. The number of carbonyl (C=O) groups is 1. The molecule has 106 valence electrons. The fourth-order valence-corrected chi connectivity index (χ4v) is 2.19. The van der Waals surface area contributed by atoms with Crippen molar-refractivity contribution in [1.29, 1.82) is 5.26 Å². The summed E-state index contributed by atoms with van der Waals surface area (Å²) in [4.78, 5) is 12.3. The zero-order chi connectivity index (χ0) is 15.0. The summed E-state index contributed by atoms with van der Waals surface area (Å²) >= 11 is 7.11. The van der Waals surface area contributed by atoms with E-state index in [0.29, 0.717) is 28.8 Å². The van der Waals surface area contributed by atoms with Crippen LogP contribution < -0.4 is 5.32 Å². The van der Waals surface area contributed by atoms with Gasteiger partial charge in [0.15, 0.2) is 0 Å². The van der Waals surface area contributed by atoms with Crippen molar-refractivity contribution in [2.45, 2.75) is 0 Å². The van der Waals surface area contributed by atoms with Crippen LogP contribution in [0.4, 0.5) is 0 Å². The number of Topliss-reactive ketones (excluding diaryl/α,β-unsaturated/α-hetero) is 1. The Morgan fingerprint density at radius 3 is 2.60 bits per heavy atom. The van der Waals surface area contributed by atoms with Crippen molar-refractivity contribution < 1.29 is 9.53 Å². The van der Waals surface area contributed by atoms with Gasteiger partial charge in [0, 0.05) is 24.2 Å². The van der Waals surface area contributed by atoms with Gasteiger partial charge in [-0.3, -0.25) is 4.79 Å². The third-order valence-corrected chi connectivity index (χ3v) is 3.48. The van der Waals surface area contributed by atoms with Crippen molar-refractivity contribution in [2.24, 2.45) is 0 Å². The molecule has 0 bridgehead atoms. The van der Waals surface area contributed by atoms with Gasteiger partial charge in [-0.2, -0.15) is 5.26 Å². The molecule has 0 atom stereocenters. The molecule has 0 aliphatic rings. The van der Waals surface area contributed by atoms with Gasteiger partial charge in [-0.05, 0) is 30.5 Å². The van der Waals surface area contributed by atoms with E-state index in [1.807, 2.05) is 12.3 Å². The van der Waals surface area contributed by atoms with Crippen LogP contribution in [0.15, 0.2) is 34.9 Å².